The van der Waals surface area contributed by atoms with Crippen molar-refractivity contribution in [3.05, 3.63) is 41.5 Å². The summed E-state index contributed by atoms with van der Waals surface area (Å²) in [5.74, 6) is -11.7. The van der Waals surface area contributed by atoms with Gasteiger partial charge in [-0.1, -0.05) is 23.4 Å². The van der Waals surface area contributed by atoms with Crippen LogP contribution in [0, 0.1) is 11.2 Å². The minimum atomic E-state index is -2.29. The normalized spacial score (nSPS) is 15.4. The molecule has 0 spiro atoms. The number of hydrogen-bond acceptors (Lipinski definition) is 17. The first-order valence-corrected chi connectivity index (χ1v) is 19.1. The summed E-state index contributed by atoms with van der Waals surface area (Å²) >= 11 is 0. The van der Waals surface area contributed by atoms with Gasteiger partial charge in [-0.25, -0.2) is 9.87 Å². The van der Waals surface area contributed by atoms with Crippen molar-refractivity contribution in [1.29, 1.82) is 0 Å². The van der Waals surface area contributed by atoms with Gasteiger partial charge in [0, 0.05) is 12.8 Å². The number of aliphatic hydroxyl groups excluding tert-OH is 3. The second kappa shape index (κ2) is 24.0. The highest BCUT2D eigenvalue weighted by atomic mass is 19.1. The Morgan fingerprint density at radius 1 is 0.812 bits per heavy atom. The van der Waals surface area contributed by atoms with E-state index in [0.29, 0.717) is 0 Å². The average molecular weight is 911 g/mol. The molecular weight excluding hydrogens is 859 g/mol. The van der Waals surface area contributed by atoms with Gasteiger partial charge < -0.3 is 62.4 Å². The number of aliphatic carboxylic acids is 1. The number of aldehydes is 1. The van der Waals surface area contributed by atoms with E-state index >= 15 is 0 Å². The van der Waals surface area contributed by atoms with E-state index in [9.17, 15) is 67.7 Å². The van der Waals surface area contributed by atoms with E-state index in [1.54, 1.807) is 0 Å². The molecule has 0 aliphatic rings. The minimum Gasteiger partial charge on any atom is -0.481 e. The van der Waals surface area contributed by atoms with Crippen molar-refractivity contribution in [2.24, 2.45) is 5.41 Å². The summed E-state index contributed by atoms with van der Waals surface area (Å²) in [7, 11) is 0. The quantitative estimate of drug-likeness (QED) is 0.0191. The maximum atomic E-state index is 15.0. The molecule has 0 saturated carbocycles. The van der Waals surface area contributed by atoms with Gasteiger partial charge in [-0.05, 0) is 46.2 Å². The van der Waals surface area contributed by atoms with Crippen LogP contribution in [-0.4, -0.2) is 167 Å². The van der Waals surface area contributed by atoms with Gasteiger partial charge in [0.1, 0.15) is 47.2 Å². The zero-order valence-electron chi connectivity index (χ0n) is 35.0. The Hall–Kier alpha value is -7.04. The molecule has 8 atom stereocenters. The van der Waals surface area contributed by atoms with Crippen LogP contribution >= 0.6 is 0 Å². The first kappa shape index (κ1) is 53.1. The number of amides is 8. The maximum Gasteiger partial charge on any atom is 0.305 e. The third-order valence-corrected chi connectivity index (χ3v) is 9.29. The number of aromatic nitrogens is 4. The predicted octanol–water partition coefficient (Wildman–Crippen LogP) is -6.50. The van der Waals surface area contributed by atoms with Crippen LogP contribution < -0.4 is 42.7 Å². The Morgan fingerprint density at radius 2 is 1.44 bits per heavy atom. The molecular formula is C36H51FN12O15. The number of hydrogen-bond donors (Lipinski definition) is 14. The second-order valence-corrected chi connectivity index (χ2v) is 15.0. The Balaban J connectivity index is 2.33. The number of H-pyrrole nitrogens is 1. The van der Waals surface area contributed by atoms with Crippen molar-refractivity contribution in [1.82, 2.24) is 63.3 Å². The molecule has 1 heterocycles. The van der Waals surface area contributed by atoms with Crippen molar-refractivity contribution in [2.45, 2.75) is 102 Å². The monoisotopic (exact) mass is 910 g/mol. The molecule has 27 nitrogen and oxygen atoms in total. The predicted molar refractivity (Wildman–Crippen MR) is 210 cm³/mol. The third-order valence-electron chi connectivity index (χ3n) is 9.29. The molecule has 64 heavy (non-hydrogen) atoms. The van der Waals surface area contributed by atoms with E-state index in [1.165, 1.54) is 23.7 Å². The summed E-state index contributed by atoms with van der Waals surface area (Å²) in [4.78, 5) is 127. The fourth-order valence-corrected chi connectivity index (χ4v) is 5.48. The highest BCUT2D eigenvalue weighted by molar-refractivity contribution is 6.05. The summed E-state index contributed by atoms with van der Waals surface area (Å²) < 4.78 is 15.0. The number of hydroxylamine groups is 1. The lowest BCUT2D eigenvalue weighted by Gasteiger charge is -2.34. The Labute approximate surface area is 362 Å². The number of benzene rings is 1. The van der Waals surface area contributed by atoms with Crippen LogP contribution in [0.25, 0.3) is 0 Å². The summed E-state index contributed by atoms with van der Waals surface area (Å²) in [6.45, 7) is 3.44. The summed E-state index contributed by atoms with van der Waals surface area (Å²) in [5.41, 5.74) is -3.03. The fourth-order valence-electron chi connectivity index (χ4n) is 5.48. The van der Waals surface area contributed by atoms with Crippen molar-refractivity contribution in [3.63, 3.8) is 0 Å². The third kappa shape index (κ3) is 15.4. The second-order valence-electron chi connectivity index (χ2n) is 15.0. The van der Waals surface area contributed by atoms with E-state index in [2.05, 4.69) is 47.2 Å². The Morgan fingerprint density at radius 3 is 1.97 bits per heavy atom. The first-order valence-electron chi connectivity index (χ1n) is 19.1. The lowest BCUT2D eigenvalue weighted by molar-refractivity contribution is -0.148. The zero-order valence-corrected chi connectivity index (χ0v) is 35.0. The molecule has 14 N–H and O–H groups in total. The number of aliphatic hydroxyl groups is 3. The molecule has 1 unspecified atom stereocenters. The molecule has 0 radical (unpaired) electrons. The first-order chi connectivity index (χ1) is 29.9. The number of carbonyl (C=O) groups excluding carboxylic acids is 9. The van der Waals surface area contributed by atoms with Gasteiger partial charge in [-0.15, -0.1) is 10.2 Å². The zero-order chi connectivity index (χ0) is 48.5. The molecule has 0 aliphatic heterocycles. The summed E-state index contributed by atoms with van der Waals surface area (Å²) in [6.07, 6.45) is -5.30. The van der Waals surface area contributed by atoms with E-state index < -0.39 is 145 Å². The molecule has 8 amide bonds. The van der Waals surface area contributed by atoms with Gasteiger partial charge in [-0.3, -0.25) is 48.4 Å². The van der Waals surface area contributed by atoms with E-state index in [0.717, 1.165) is 40.7 Å². The van der Waals surface area contributed by atoms with Gasteiger partial charge in [0.15, 0.2) is 5.82 Å². The largest absolute Gasteiger partial charge is 0.481 e. The molecule has 352 valence electrons. The molecule has 0 aliphatic carbocycles. The van der Waals surface area contributed by atoms with Crippen LogP contribution in [0.5, 0.6) is 0 Å². The fraction of sp³-hybridized carbons (Fsp3) is 0.528. The summed E-state index contributed by atoms with van der Waals surface area (Å²) in [6, 6.07) is -3.80. The highest BCUT2D eigenvalue weighted by Crippen LogP contribution is 2.19. The van der Waals surface area contributed by atoms with Gasteiger partial charge in [0.25, 0.3) is 5.91 Å². The van der Waals surface area contributed by atoms with Crippen LogP contribution in [0.15, 0.2) is 24.3 Å². The topological polar surface area (TPSA) is 423 Å². The van der Waals surface area contributed by atoms with Crippen LogP contribution in [0.2, 0.25) is 0 Å². The van der Waals surface area contributed by atoms with Crippen LogP contribution in [0.4, 0.5) is 4.39 Å². The number of rotatable bonds is 25. The van der Waals surface area contributed by atoms with Crippen molar-refractivity contribution >= 4 is 59.5 Å². The van der Waals surface area contributed by atoms with Crippen LogP contribution in [0.3, 0.4) is 0 Å². The SMILES string of the molecule is C[C@@H](O)[C@H](NC(=O)CNC(=O)[C@H](Cc1nn[nH]n1)NC(=O)C(C)(C)C(=O)NO)C(=O)N[C@@](C)(Cc1ccccc1F)C(=O)N[C@H](C(=O)N[C@@H](CO)C(=O)NC(C=O)CC(=O)O)[C@@H](C)O. The Bertz CT molecular complexity index is 2020. The minimum absolute atomic E-state index is 0.0801. The number of nitrogens with zero attached hydrogens (tertiary/aromatic N) is 3. The molecule has 2 aromatic rings. The van der Waals surface area contributed by atoms with Crippen LogP contribution in [0.1, 0.15) is 52.4 Å². The number of aromatic amines is 1. The molecule has 0 saturated heterocycles. The molecule has 1 aromatic heterocycles. The number of nitrogens with one attached hydrogen (secondary N) is 9. The van der Waals surface area contributed by atoms with Gasteiger partial charge >= 0.3 is 5.97 Å². The molecule has 28 heteroatoms. The lowest BCUT2D eigenvalue weighted by Crippen LogP contribution is -2.67. The molecule has 2 rings (SSSR count). The van der Waals surface area contributed by atoms with E-state index in [-0.39, 0.29) is 17.7 Å². The van der Waals surface area contributed by atoms with Crippen molar-refractivity contribution < 1.29 is 78.0 Å². The van der Waals surface area contributed by atoms with Crippen LogP contribution in [-0.2, 0) is 60.8 Å². The van der Waals surface area contributed by atoms with E-state index in [1.807, 2.05) is 10.6 Å². The highest BCUT2D eigenvalue weighted by Gasteiger charge is 2.42. The standard InChI is InChI=1S/C36H51FN12O15/c1-16(52)26(30(59)40-22(15-51)29(58)39-19(14-50)10-25(55)56)43-34(63)36(5,12-18-8-6-7-9-20(18)37)44-31(60)27(17(2)53)42-24(54)13-38-28(57)21(11-23-45-48-49-46-23)41-32(61)35(3,4)33(62)47-64/h6-9,14,16-17,19,21-22,26-27,51-53,64H,10-13,15H2,1-5H3,(H,38,57)(H,39,58)(H,40,59)(H,41,61)(H,42,54)(H,43,63)(H,44,60)(H,47,62)(H,55,56)(H,45,46,48,49)/t16-,17-,19?,21+,22+,26+,27+,36+/m1/s1. The molecule has 0 fully saturated rings. The smallest absolute Gasteiger partial charge is 0.305 e. The number of halogens is 1. The molecule has 0 bridgehead atoms. The van der Waals surface area contributed by atoms with Gasteiger partial charge in [0.2, 0.25) is 41.4 Å². The van der Waals surface area contributed by atoms with Gasteiger partial charge in [-0.2, -0.15) is 5.21 Å². The number of carboxylic acid groups (broad SMARTS) is 1. The maximum absolute atomic E-state index is 15.0. The number of tetrazole rings is 1. The number of carboxylic acids is 1. The summed E-state index contributed by atoms with van der Waals surface area (Å²) in [5, 5.41) is 77.0. The van der Waals surface area contributed by atoms with Crippen molar-refractivity contribution in [2.75, 3.05) is 13.2 Å². The van der Waals surface area contributed by atoms with Crippen molar-refractivity contribution in [3.8, 4) is 0 Å². The molecule has 1 aromatic carbocycles. The lowest BCUT2D eigenvalue weighted by atomic mass is 9.90. The average Bonchev–Trinajstić information content (AvgIpc) is 3.75. The number of carbonyl (C=O) groups is 10. The van der Waals surface area contributed by atoms with E-state index in [4.69, 9.17) is 10.3 Å². The van der Waals surface area contributed by atoms with Gasteiger partial charge in [0.05, 0.1) is 37.8 Å². The Kier molecular flexibility index (Phi) is 19.9.